The number of likely N-dealkylation sites (tertiary alicyclic amines) is 1. The van der Waals surface area contributed by atoms with Gasteiger partial charge in [0.05, 0.1) is 18.8 Å². The third-order valence-corrected chi connectivity index (χ3v) is 8.58. The summed E-state index contributed by atoms with van der Waals surface area (Å²) in [6, 6.07) is 1.02. The second-order valence-corrected chi connectivity index (χ2v) is 13.1. The lowest BCUT2D eigenvalue weighted by molar-refractivity contribution is -0.143. The molecule has 0 saturated carbocycles. The molecule has 1 aliphatic heterocycles. The first-order valence-electron chi connectivity index (χ1n) is 17.4. The zero-order valence-electron chi connectivity index (χ0n) is 29.9. The molecule has 18 nitrogen and oxygen atoms in total. The summed E-state index contributed by atoms with van der Waals surface area (Å²) in [5.74, 6) is -6.38. The van der Waals surface area contributed by atoms with Crippen LogP contribution in [0, 0.1) is 5.92 Å². The van der Waals surface area contributed by atoms with Gasteiger partial charge in [-0.3, -0.25) is 33.6 Å². The van der Waals surface area contributed by atoms with E-state index < -0.39 is 103 Å². The fourth-order valence-electron chi connectivity index (χ4n) is 5.65. The summed E-state index contributed by atoms with van der Waals surface area (Å²) in [6.45, 7) is 3.66. The van der Waals surface area contributed by atoms with Crippen LogP contribution in [0.4, 0.5) is 0 Å². The Morgan fingerprint density at radius 1 is 0.865 bits per heavy atom. The van der Waals surface area contributed by atoms with Gasteiger partial charge in [0.1, 0.15) is 36.8 Å². The van der Waals surface area contributed by atoms with Gasteiger partial charge in [-0.05, 0) is 50.6 Å². The second-order valence-electron chi connectivity index (χ2n) is 13.1. The fourth-order valence-corrected chi connectivity index (χ4v) is 5.65. The van der Waals surface area contributed by atoms with Crippen LogP contribution in [-0.4, -0.2) is 130 Å². The molecule has 7 unspecified atom stereocenters. The number of rotatable bonds is 21. The minimum absolute atomic E-state index is 0.0954. The highest BCUT2D eigenvalue weighted by Gasteiger charge is 2.39. The maximum Gasteiger partial charge on any atom is 0.322 e. The first-order valence-corrected chi connectivity index (χ1v) is 17.4. The van der Waals surface area contributed by atoms with Crippen molar-refractivity contribution in [3.63, 3.8) is 0 Å². The molecule has 7 atom stereocenters. The van der Waals surface area contributed by atoms with Gasteiger partial charge < -0.3 is 58.3 Å². The highest BCUT2D eigenvalue weighted by atomic mass is 16.4. The van der Waals surface area contributed by atoms with E-state index >= 15 is 0 Å². The Labute approximate surface area is 302 Å². The molecule has 1 aromatic rings. The average Bonchev–Trinajstić information content (AvgIpc) is 3.60. The number of benzene rings is 1. The number of unbranched alkanes of at least 4 members (excludes halogenated alkanes) is 1. The predicted molar refractivity (Wildman–Crippen MR) is 188 cm³/mol. The molecular weight excluding hydrogens is 680 g/mol. The molecule has 1 saturated heterocycles. The Kier molecular flexibility index (Phi) is 18.1. The number of amides is 6. The number of hydrogen-bond donors (Lipinski definition) is 10. The summed E-state index contributed by atoms with van der Waals surface area (Å²) in [4.78, 5) is 91.5. The molecule has 0 aromatic heterocycles. The van der Waals surface area contributed by atoms with Crippen LogP contribution in [-0.2, 0) is 40.0 Å². The van der Waals surface area contributed by atoms with Gasteiger partial charge in [-0.25, -0.2) is 0 Å². The van der Waals surface area contributed by atoms with Gasteiger partial charge in [0, 0.05) is 13.0 Å². The molecule has 0 aliphatic carbocycles. The van der Waals surface area contributed by atoms with Crippen molar-refractivity contribution in [1.29, 1.82) is 0 Å². The molecule has 290 valence electrons. The number of hydrogen-bond acceptors (Lipinski definition) is 11. The van der Waals surface area contributed by atoms with Crippen molar-refractivity contribution in [2.45, 2.75) is 102 Å². The lowest BCUT2D eigenvalue weighted by Crippen LogP contribution is -2.62. The van der Waals surface area contributed by atoms with Gasteiger partial charge in [0.15, 0.2) is 0 Å². The van der Waals surface area contributed by atoms with E-state index in [-0.39, 0.29) is 19.4 Å². The Balaban J connectivity index is 2.24. The Hall–Kier alpha value is -4.65. The van der Waals surface area contributed by atoms with Crippen LogP contribution in [0.2, 0.25) is 0 Å². The molecule has 1 heterocycles. The number of aliphatic hydroxyl groups excluding tert-OH is 2. The van der Waals surface area contributed by atoms with Gasteiger partial charge >= 0.3 is 5.97 Å². The van der Waals surface area contributed by atoms with Crippen LogP contribution in [0.15, 0.2) is 30.3 Å². The molecule has 0 radical (unpaired) electrons. The quantitative estimate of drug-likeness (QED) is 0.0561. The number of nitrogens with two attached hydrogens (primary N) is 2. The van der Waals surface area contributed by atoms with E-state index in [4.69, 9.17) is 16.6 Å². The van der Waals surface area contributed by atoms with Crippen LogP contribution in [0.1, 0.15) is 58.4 Å². The van der Waals surface area contributed by atoms with E-state index in [1.54, 1.807) is 44.2 Å². The van der Waals surface area contributed by atoms with Crippen molar-refractivity contribution < 1.29 is 48.9 Å². The van der Waals surface area contributed by atoms with Crippen LogP contribution in [0.25, 0.3) is 0 Å². The Morgan fingerprint density at radius 2 is 1.48 bits per heavy atom. The summed E-state index contributed by atoms with van der Waals surface area (Å²) < 4.78 is 0. The van der Waals surface area contributed by atoms with Gasteiger partial charge in [0.25, 0.3) is 0 Å². The maximum atomic E-state index is 13.7. The third kappa shape index (κ3) is 13.5. The Bertz CT molecular complexity index is 1380. The van der Waals surface area contributed by atoms with Crippen molar-refractivity contribution in [2.75, 3.05) is 26.2 Å². The lowest BCUT2D eigenvalue weighted by atomic mass is 10.0. The minimum atomic E-state index is -1.58. The molecule has 6 amide bonds. The summed E-state index contributed by atoms with van der Waals surface area (Å²) in [6.07, 6.45) is 0.746. The van der Waals surface area contributed by atoms with E-state index in [9.17, 15) is 43.8 Å². The van der Waals surface area contributed by atoms with Crippen LogP contribution < -0.4 is 38.1 Å². The zero-order valence-corrected chi connectivity index (χ0v) is 29.9. The van der Waals surface area contributed by atoms with E-state index in [1.807, 2.05) is 0 Å². The summed E-state index contributed by atoms with van der Waals surface area (Å²) in [7, 11) is 0. The molecule has 0 bridgehead atoms. The van der Waals surface area contributed by atoms with E-state index in [2.05, 4.69) is 26.6 Å². The van der Waals surface area contributed by atoms with Crippen LogP contribution in [0.3, 0.4) is 0 Å². The predicted octanol–water partition coefficient (Wildman–Crippen LogP) is -3.15. The van der Waals surface area contributed by atoms with E-state index in [0.717, 1.165) is 4.90 Å². The first-order chi connectivity index (χ1) is 24.6. The molecule has 1 aromatic carbocycles. The molecule has 12 N–H and O–H groups in total. The molecule has 52 heavy (non-hydrogen) atoms. The fraction of sp³-hybridized carbons (Fsp3) is 0.618. The number of carbonyl (C=O) groups excluding carboxylic acids is 6. The van der Waals surface area contributed by atoms with E-state index in [1.165, 1.54) is 6.92 Å². The average molecular weight is 735 g/mol. The first kappa shape index (κ1) is 43.5. The molecule has 1 aliphatic rings. The van der Waals surface area contributed by atoms with Gasteiger partial charge in [-0.2, -0.15) is 0 Å². The topological polar surface area (TPSA) is 296 Å². The number of nitrogens with one attached hydrogen (secondary N) is 5. The highest BCUT2D eigenvalue weighted by molar-refractivity contribution is 5.97. The number of carboxylic acids is 1. The van der Waals surface area contributed by atoms with Crippen molar-refractivity contribution in [3.05, 3.63) is 35.9 Å². The molecule has 18 heteroatoms. The highest BCUT2D eigenvalue weighted by Crippen LogP contribution is 2.19. The number of aliphatic carboxylic acids is 1. The maximum absolute atomic E-state index is 13.7. The van der Waals surface area contributed by atoms with Crippen LogP contribution in [0.5, 0.6) is 0 Å². The second kappa shape index (κ2) is 21.7. The van der Waals surface area contributed by atoms with Crippen molar-refractivity contribution in [1.82, 2.24) is 31.5 Å². The van der Waals surface area contributed by atoms with Crippen molar-refractivity contribution in [2.24, 2.45) is 17.4 Å². The molecule has 1 fully saturated rings. The number of nitrogens with zero attached hydrogens (tertiary/aromatic N) is 1. The van der Waals surface area contributed by atoms with Crippen molar-refractivity contribution >= 4 is 41.4 Å². The monoisotopic (exact) mass is 734 g/mol. The number of carbonyl (C=O) groups is 7. The molecule has 0 spiro atoms. The van der Waals surface area contributed by atoms with Gasteiger partial charge in [-0.1, -0.05) is 50.6 Å². The van der Waals surface area contributed by atoms with E-state index in [0.29, 0.717) is 37.8 Å². The van der Waals surface area contributed by atoms with Crippen molar-refractivity contribution in [3.8, 4) is 0 Å². The minimum Gasteiger partial charge on any atom is -0.480 e. The lowest BCUT2D eigenvalue weighted by Gasteiger charge is -2.30. The third-order valence-electron chi connectivity index (χ3n) is 8.58. The zero-order chi connectivity index (χ0) is 39.0. The van der Waals surface area contributed by atoms with Crippen LogP contribution >= 0.6 is 0 Å². The summed E-state index contributed by atoms with van der Waals surface area (Å²) in [5, 5.41) is 41.8. The van der Waals surface area contributed by atoms with Gasteiger partial charge in [0.2, 0.25) is 35.4 Å². The summed E-state index contributed by atoms with van der Waals surface area (Å²) >= 11 is 0. The SMILES string of the molecule is CC(C)C(NC(=O)C(N)CCCCN)C(=O)NC(C(=O)NC(Cc1ccccc1)C(=O)NC(CO)C(=O)N1CCCC1C(=O)NCC(=O)O)C(C)O. The molecular formula is C34H54N8O10. The Morgan fingerprint density at radius 3 is 2.06 bits per heavy atom. The number of aliphatic hydroxyl groups is 2. The van der Waals surface area contributed by atoms with Gasteiger partial charge in [-0.15, -0.1) is 0 Å². The molecule has 2 rings (SSSR count). The smallest absolute Gasteiger partial charge is 0.322 e. The largest absolute Gasteiger partial charge is 0.480 e. The standard InChI is InChI=1S/C34H54N8O10/c1-19(2)27(40-29(47)22(36)12-7-8-14-35)32(50)41-28(20(3)44)33(51)38-23(16-21-10-5-4-6-11-21)30(48)39-24(18-43)34(52)42-15-9-13-25(42)31(49)37-17-26(45)46/h4-6,10-11,19-20,22-25,27-28,43-44H,7-9,12-18,35-36H2,1-3H3,(H,37,49)(H,38,51)(H,39,48)(H,40,47)(H,41,50)(H,45,46). The number of carboxylic acid groups (broad SMARTS) is 1. The summed E-state index contributed by atoms with van der Waals surface area (Å²) in [5.41, 5.74) is 12.1. The normalized spacial score (nSPS) is 17.5.